The first-order valence-corrected chi connectivity index (χ1v) is 12.9. The average molecular weight is 463 g/mol. The number of aryl methyl sites for hydroxylation is 2. The molecule has 0 spiro atoms. The fourth-order valence-electron chi connectivity index (χ4n) is 4.90. The number of benzene rings is 2. The van der Waals surface area contributed by atoms with Crippen molar-refractivity contribution in [1.29, 1.82) is 0 Å². The van der Waals surface area contributed by atoms with Crippen LogP contribution in [-0.2, 0) is 27.2 Å². The molecule has 2 aromatic rings. The number of rotatable bonds is 12. The average Bonchev–Trinajstić information content (AvgIpc) is 3.69. The van der Waals surface area contributed by atoms with Crippen LogP contribution in [0.1, 0.15) is 56.1 Å². The van der Waals surface area contributed by atoms with Crippen LogP contribution in [0.2, 0.25) is 0 Å². The maximum absolute atomic E-state index is 13.1. The summed E-state index contributed by atoms with van der Waals surface area (Å²) in [6.45, 7) is 2.06. The number of hydrogen-bond acceptors (Lipinski definition) is 3. The van der Waals surface area contributed by atoms with Crippen molar-refractivity contribution in [3.8, 4) is 0 Å². The summed E-state index contributed by atoms with van der Waals surface area (Å²) in [6, 6.07) is 21.3. The highest BCUT2D eigenvalue weighted by Gasteiger charge is 2.32. The maximum atomic E-state index is 13.1. The van der Waals surface area contributed by atoms with Gasteiger partial charge in [-0.25, -0.2) is 0 Å². The van der Waals surface area contributed by atoms with Crippen LogP contribution < -0.4 is 5.32 Å². The summed E-state index contributed by atoms with van der Waals surface area (Å²) in [7, 11) is 0. The minimum Gasteiger partial charge on any atom is -0.373 e. The second kappa shape index (κ2) is 12.7. The minimum atomic E-state index is 0.00646. The van der Waals surface area contributed by atoms with Crippen LogP contribution in [0.4, 0.5) is 0 Å². The predicted octanol–water partition coefficient (Wildman–Crippen LogP) is 4.54. The van der Waals surface area contributed by atoms with Crippen molar-refractivity contribution in [2.45, 2.75) is 69.9 Å². The van der Waals surface area contributed by atoms with Crippen LogP contribution in [0.25, 0.3) is 0 Å². The Morgan fingerprint density at radius 3 is 1.91 bits per heavy atom. The van der Waals surface area contributed by atoms with Crippen LogP contribution >= 0.6 is 0 Å². The van der Waals surface area contributed by atoms with Gasteiger partial charge in [-0.1, -0.05) is 60.7 Å². The van der Waals surface area contributed by atoms with Crippen molar-refractivity contribution in [3.05, 3.63) is 71.8 Å². The van der Waals surface area contributed by atoms with E-state index in [2.05, 4.69) is 66.0 Å². The van der Waals surface area contributed by atoms with Crippen molar-refractivity contribution in [1.82, 2.24) is 10.2 Å². The quantitative estimate of drug-likeness (QED) is 0.471. The van der Waals surface area contributed by atoms with E-state index in [0.717, 1.165) is 51.4 Å². The molecular weight excluding hydrogens is 424 g/mol. The van der Waals surface area contributed by atoms with Crippen LogP contribution in [-0.4, -0.2) is 48.6 Å². The normalized spacial score (nSPS) is 18.1. The molecule has 5 nitrogen and oxygen atoms in total. The molecule has 34 heavy (non-hydrogen) atoms. The Bertz CT molecular complexity index is 845. The van der Waals surface area contributed by atoms with Crippen LogP contribution in [0.3, 0.4) is 0 Å². The third-order valence-electron chi connectivity index (χ3n) is 7.09. The number of nitrogens with zero attached hydrogens (tertiary/aromatic N) is 1. The largest absolute Gasteiger partial charge is 0.373 e. The topological polar surface area (TPSA) is 61.9 Å². The third-order valence-corrected chi connectivity index (χ3v) is 7.09. The zero-order valence-electron chi connectivity index (χ0n) is 20.2. The first-order chi connectivity index (χ1) is 16.7. The van der Waals surface area contributed by atoms with Gasteiger partial charge in [0.2, 0.25) is 11.8 Å². The van der Waals surface area contributed by atoms with E-state index < -0.39 is 0 Å². The monoisotopic (exact) mass is 462 g/mol. The van der Waals surface area contributed by atoms with Crippen molar-refractivity contribution in [2.24, 2.45) is 5.92 Å². The number of piperidine rings is 1. The molecule has 5 heteroatoms. The van der Waals surface area contributed by atoms with Gasteiger partial charge in [-0.05, 0) is 62.5 Å². The molecule has 2 amide bonds. The maximum Gasteiger partial charge on any atom is 0.225 e. The molecule has 0 radical (unpaired) electrons. The van der Waals surface area contributed by atoms with Gasteiger partial charge in [-0.15, -0.1) is 0 Å². The molecule has 2 fully saturated rings. The van der Waals surface area contributed by atoms with Gasteiger partial charge in [0.25, 0.3) is 0 Å². The van der Waals surface area contributed by atoms with Gasteiger partial charge < -0.3 is 15.0 Å². The molecule has 2 aliphatic rings. The van der Waals surface area contributed by atoms with Gasteiger partial charge in [-0.2, -0.15) is 0 Å². The van der Waals surface area contributed by atoms with E-state index in [4.69, 9.17) is 4.74 Å². The highest BCUT2D eigenvalue weighted by Crippen LogP contribution is 2.22. The van der Waals surface area contributed by atoms with E-state index in [1.165, 1.54) is 11.1 Å². The van der Waals surface area contributed by atoms with Crippen molar-refractivity contribution >= 4 is 11.8 Å². The summed E-state index contributed by atoms with van der Waals surface area (Å²) in [5.41, 5.74) is 2.70. The number of nitrogens with one attached hydrogen (secondary N) is 1. The highest BCUT2D eigenvalue weighted by atomic mass is 16.6. The van der Waals surface area contributed by atoms with E-state index in [1.807, 2.05) is 4.90 Å². The molecule has 182 valence electrons. The van der Waals surface area contributed by atoms with Gasteiger partial charge in [-0.3, -0.25) is 9.59 Å². The van der Waals surface area contributed by atoms with Crippen molar-refractivity contribution < 1.29 is 14.3 Å². The Labute approximate surface area is 203 Å². The van der Waals surface area contributed by atoms with Gasteiger partial charge in [0, 0.05) is 25.0 Å². The van der Waals surface area contributed by atoms with E-state index in [9.17, 15) is 9.59 Å². The first-order valence-electron chi connectivity index (χ1n) is 12.9. The van der Waals surface area contributed by atoms with Crippen LogP contribution in [0, 0.1) is 5.92 Å². The smallest absolute Gasteiger partial charge is 0.225 e. The number of amides is 2. The molecular formula is C29H38N2O3. The summed E-state index contributed by atoms with van der Waals surface area (Å²) in [5.74, 6) is 0.343. The van der Waals surface area contributed by atoms with Crippen LogP contribution in [0.15, 0.2) is 60.7 Å². The molecule has 2 aliphatic heterocycles. The zero-order chi connectivity index (χ0) is 23.6. The molecule has 2 saturated heterocycles. The van der Waals surface area contributed by atoms with Crippen molar-refractivity contribution in [2.75, 3.05) is 19.7 Å². The second-order valence-corrected chi connectivity index (χ2v) is 9.78. The van der Waals surface area contributed by atoms with E-state index in [-0.39, 0.29) is 29.9 Å². The Morgan fingerprint density at radius 1 is 0.882 bits per heavy atom. The number of likely N-dealkylation sites (tertiary alicyclic amines) is 1. The Morgan fingerprint density at radius 2 is 1.41 bits per heavy atom. The lowest BCUT2D eigenvalue weighted by Gasteiger charge is -2.32. The van der Waals surface area contributed by atoms with Crippen LogP contribution in [0.5, 0.6) is 0 Å². The van der Waals surface area contributed by atoms with Gasteiger partial charge in [0.05, 0.1) is 19.1 Å². The number of carbonyl (C=O) groups excluding carboxylic acids is 2. The lowest BCUT2D eigenvalue weighted by atomic mass is 9.93. The summed E-state index contributed by atoms with van der Waals surface area (Å²) in [5, 5.41) is 3.38. The lowest BCUT2D eigenvalue weighted by molar-refractivity contribution is -0.136. The van der Waals surface area contributed by atoms with Crippen molar-refractivity contribution in [3.63, 3.8) is 0 Å². The third kappa shape index (κ3) is 7.98. The number of epoxide rings is 1. The Balaban J connectivity index is 1.24. The summed E-state index contributed by atoms with van der Waals surface area (Å²) >= 11 is 0. The molecule has 2 heterocycles. The Kier molecular flexibility index (Phi) is 9.14. The number of hydrogen-bond donors (Lipinski definition) is 1. The van der Waals surface area contributed by atoms with Gasteiger partial charge >= 0.3 is 0 Å². The molecule has 1 N–H and O–H groups in total. The fourth-order valence-corrected chi connectivity index (χ4v) is 4.90. The zero-order valence-corrected chi connectivity index (χ0v) is 20.2. The molecule has 0 aromatic heterocycles. The predicted molar refractivity (Wildman–Crippen MR) is 134 cm³/mol. The lowest BCUT2D eigenvalue weighted by Crippen LogP contribution is -2.45. The Hall–Kier alpha value is -2.66. The first kappa shape index (κ1) is 24.5. The standard InChI is InChI=1S/C29H38N2O3/c32-28(21-27-22-34-27)31-19-17-25(18-20-31)29(33)30-26(15-7-13-23-9-3-1-4-10-23)16-8-14-24-11-5-2-6-12-24/h1-6,9-12,25-27H,7-8,13-22H2,(H,30,33). The molecule has 1 atom stereocenters. The fraction of sp³-hybridized carbons (Fsp3) is 0.517. The molecule has 4 rings (SSSR count). The summed E-state index contributed by atoms with van der Waals surface area (Å²) in [6.07, 6.45) is 8.32. The van der Waals surface area contributed by atoms with E-state index in [1.54, 1.807) is 0 Å². The summed E-state index contributed by atoms with van der Waals surface area (Å²) < 4.78 is 5.18. The SMILES string of the molecule is O=C(NC(CCCc1ccccc1)CCCc1ccccc1)C1CCN(C(=O)CC2CO2)CC1. The number of carbonyl (C=O) groups is 2. The van der Waals surface area contributed by atoms with Gasteiger partial charge in [0.1, 0.15) is 0 Å². The molecule has 0 saturated carbocycles. The number of ether oxygens (including phenoxy) is 1. The molecule has 2 aromatic carbocycles. The van der Waals surface area contributed by atoms with Gasteiger partial charge in [0.15, 0.2) is 0 Å². The van der Waals surface area contributed by atoms with E-state index >= 15 is 0 Å². The summed E-state index contributed by atoms with van der Waals surface area (Å²) in [4.78, 5) is 27.3. The molecule has 0 bridgehead atoms. The molecule has 0 aliphatic carbocycles. The molecule has 1 unspecified atom stereocenters. The van der Waals surface area contributed by atoms with E-state index in [0.29, 0.717) is 26.1 Å². The highest BCUT2D eigenvalue weighted by molar-refractivity contribution is 5.80. The second-order valence-electron chi connectivity index (χ2n) is 9.78. The minimum absolute atomic E-state index is 0.00646.